The smallest absolute Gasteiger partial charge is 0.164 e. The van der Waals surface area contributed by atoms with Crippen molar-refractivity contribution in [2.75, 3.05) is 0 Å². The molecule has 0 saturated heterocycles. The summed E-state index contributed by atoms with van der Waals surface area (Å²) in [7, 11) is 2.04. The van der Waals surface area contributed by atoms with E-state index in [4.69, 9.17) is 19.4 Å². The SMILES string of the molecule is Bc1ccc(-c2nc(-c3cccc(F)c3)nc(-c3cccc4oc5cc6ccccc6cc5c34)n2)cc1. The zero-order chi connectivity index (χ0) is 24.9. The van der Waals surface area contributed by atoms with Gasteiger partial charge in [0.15, 0.2) is 17.5 Å². The Labute approximate surface area is 212 Å². The van der Waals surface area contributed by atoms with Crippen molar-refractivity contribution in [1.29, 1.82) is 0 Å². The molecular weight excluding hydrogens is 460 g/mol. The quantitative estimate of drug-likeness (QED) is 0.278. The highest BCUT2D eigenvalue weighted by Gasteiger charge is 2.18. The standard InChI is InChI=1S/C31H19BFN3O/c32-22-13-11-18(12-14-22)29-34-30(21-7-3-8-23(33)15-21)36-31(35-29)24-9-4-10-26-28(24)25-16-19-5-1-2-6-20(19)17-27(25)37-26/h1-17H,32H2. The molecule has 0 aliphatic heterocycles. The van der Waals surface area contributed by atoms with Crippen molar-refractivity contribution in [3.8, 4) is 34.2 Å². The first-order valence-corrected chi connectivity index (χ1v) is 12.1. The molecule has 7 rings (SSSR count). The van der Waals surface area contributed by atoms with Crippen LogP contribution in [0.3, 0.4) is 0 Å². The van der Waals surface area contributed by atoms with Crippen LogP contribution in [0.4, 0.5) is 4.39 Å². The van der Waals surface area contributed by atoms with Gasteiger partial charge in [-0.15, -0.1) is 0 Å². The Bertz CT molecular complexity index is 1960. The Morgan fingerprint density at radius 1 is 0.595 bits per heavy atom. The molecule has 5 aromatic carbocycles. The van der Waals surface area contributed by atoms with E-state index in [-0.39, 0.29) is 5.82 Å². The monoisotopic (exact) mass is 479 g/mol. The number of fused-ring (bicyclic) bond motifs is 4. The molecule has 0 aliphatic rings. The van der Waals surface area contributed by atoms with Gasteiger partial charge >= 0.3 is 0 Å². The van der Waals surface area contributed by atoms with E-state index in [2.05, 4.69) is 24.3 Å². The Kier molecular flexibility index (Phi) is 4.86. The summed E-state index contributed by atoms with van der Waals surface area (Å²) in [5.41, 5.74) is 4.99. The van der Waals surface area contributed by atoms with Gasteiger partial charge in [0.1, 0.15) is 24.8 Å². The maximum Gasteiger partial charge on any atom is 0.164 e. The van der Waals surface area contributed by atoms with Gasteiger partial charge in [0, 0.05) is 27.5 Å². The lowest BCUT2D eigenvalue weighted by Gasteiger charge is -2.09. The van der Waals surface area contributed by atoms with Gasteiger partial charge in [0.2, 0.25) is 0 Å². The normalized spacial score (nSPS) is 11.5. The molecule has 0 radical (unpaired) electrons. The van der Waals surface area contributed by atoms with E-state index in [1.165, 1.54) is 12.1 Å². The van der Waals surface area contributed by atoms with Gasteiger partial charge in [-0.1, -0.05) is 78.3 Å². The van der Waals surface area contributed by atoms with Crippen LogP contribution in [-0.4, -0.2) is 22.8 Å². The van der Waals surface area contributed by atoms with E-state index in [0.29, 0.717) is 23.0 Å². The predicted molar refractivity (Wildman–Crippen MR) is 149 cm³/mol. The van der Waals surface area contributed by atoms with Crippen molar-refractivity contribution in [3.05, 3.63) is 109 Å². The number of aromatic nitrogens is 3. The van der Waals surface area contributed by atoms with Crippen LogP contribution in [0.1, 0.15) is 0 Å². The Morgan fingerprint density at radius 2 is 1.30 bits per heavy atom. The minimum atomic E-state index is -0.342. The first-order chi connectivity index (χ1) is 18.1. The summed E-state index contributed by atoms with van der Waals surface area (Å²) in [5.74, 6) is 1.10. The molecule has 0 N–H and O–H groups in total. The zero-order valence-corrected chi connectivity index (χ0v) is 19.9. The van der Waals surface area contributed by atoms with Crippen LogP contribution in [0.2, 0.25) is 0 Å². The summed E-state index contributed by atoms with van der Waals surface area (Å²) in [6, 6.07) is 32.7. The highest BCUT2D eigenvalue weighted by Crippen LogP contribution is 2.38. The molecule has 0 fully saturated rings. The second-order valence-electron chi connectivity index (χ2n) is 9.16. The fourth-order valence-electron chi connectivity index (χ4n) is 4.78. The average Bonchev–Trinajstić information content (AvgIpc) is 3.29. The number of nitrogens with zero attached hydrogens (tertiary/aromatic N) is 3. The maximum atomic E-state index is 14.1. The fraction of sp³-hybridized carbons (Fsp3) is 0. The van der Waals surface area contributed by atoms with E-state index in [9.17, 15) is 4.39 Å². The fourth-order valence-corrected chi connectivity index (χ4v) is 4.78. The summed E-state index contributed by atoms with van der Waals surface area (Å²) >= 11 is 0. The number of rotatable bonds is 3. The molecule has 0 saturated carbocycles. The van der Waals surface area contributed by atoms with Crippen LogP contribution in [0.15, 0.2) is 108 Å². The number of benzene rings is 5. The molecular formula is C31H19BFN3O. The lowest BCUT2D eigenvalue weighted by atomic mass is 9.95. The van der Waals surface area contributed by atoms with Crippen LogP contribution in [0, 0.1) is 5.82 Å². The summed E-state index contributed by atoms with van der Waals surface area (Å²) in [5, 5.41) is 4.18. The average molecular weight is 479 g/mol. The van der Waals surface area contributed by atoms with Crippen LogP contribution in [-0.2, 0) is 0 Å². The van der Waals surface area contributed by atoms with Gasteiger partial charge in [0.25, 0.3) is 0 Å². The van der Waals surface area contributed by atoms with Gasteiger partial charge in [-0.05, 0) is 41.1 Å². The van der Waals surface area contributed by atoms with Gasteiger partial charge in [-0.2, -0.15) is 0 Å². The van der Waals surface area contributed by atoms with Crippen molar-refractivity contribution in [1.82, 2.24) is 15.0 Å². The molecule has 37 heavy (non-hydrogen) atoms. The predicted octanol–water partition coefficient (Wildman–Crippen LogP) is 6.32. The minimum Gasteiger partial charge on any atom is -0.456 e. The van der Waals surface area contributed by atoms with Crippen LogP contribution in [0.5, 0.6) is 0 Å². The van der Waals surface area contributed by atoms with Crippen LogP contribution >= 0.6 is 0 Å². The number of hydrogen-bond acceptors (Lipinski definition) is 4. The maximum absolute atomic E-state index is 14.1. The molecule has 0 spiro atoms. The van der Waals surface area contributed by atoms with Crippen molar-refractivity contribution in [2.45, 2.75) is 0 Å². The number of halogens is 1. The van der Waals surface area contributed by atoms with E-state index in [0.717, 1.165) is 49.3 Å². The van der Waals surface area contributed by atoms with E-state index in [1.807, 2.05) is 62.4 Å². The third kappa shape index (κ3) is 3.74. The Hall–Kier alpha value is -4.84. The Balaban J connectivity index is 1.52. The second kappa shape index (κ2) is 8.38. The number of furan rings is 1. The minimum absolute atomic E-state index is 0.342. The molecule has 0 bridgehead atoms. The molecule has 2 aromatic heterocycles. The first kappa shape index (κ1) is 21.4. The molecule has 6 heteroatoms. The van der Waals surface area contributed by atoms with E-state index < -0.39 is 0 Å². The largest absolute Gasteiger partial charge is 0.456 e. The number of hydrogen-bond donors (Lipinski definition) is 0. The summed E-state index contributed by atoms with van der Waals surface area (Å²) < 4.78 is 20.4. The molecule has 7 aromatic rings. The van der Waals surface area contributed by atoms with E-state index in [1.54, 1.807) is 12.1 Å². The second-order valence-corrected chi connectivity index (χ2v) is 9.16. The molecule has 0 unspecified atom stereocenters. The molecule has 0 aliphatic carbocycles. The third-order valence-electron chi connectivity index (χ3n) is 6.63. The van der Waals surface area contributed by atoms with Crippen molar-refractivity contribution >= 4 is 46.0 Å². The zero-order valence-electron chi connectivity index (χ0n) is 19.9. The molecule has 174 valence electrons. The van der Waals surface area contributed by atoms with Crippen molar-refractivity contribution in [2.24, 2.45) is 0 Å². The topological polar surface area (TPSA) is 51.8 Å². The molecule has 0 atom stereocenters. The van der Waals surface area contributed by atoms with Gasteiger partial charge in [0.05, 0.1) is 0 Å². The lowest BCUT2D eigenvalue weighted by molar-refractivity contribution is 0.628. The van der Waals surface area contributed by atoms with Crippen LogP contribution in [0.25, 0.3) is 66.9 Å². The third-order valence-corrected chi connectivity index (χ3v) is 6.63. The highest BCUT2D eigenvalue weighted by molar-refractivity contribution is 6.32. The van der Waals surface area contributed by atoms with E-state index >= 15 is 0 Å². The first-order valence-electron chi connectivity index (χ1n) is 12.1. The molecule has 2 heterocycles. The summed E-state index contributed by atoms with van der Waals surface area (Å²) in [6.45, 7) is 0. The molecule has 0 amide bonds. The van der Waals surface area contributed by atoms with Crippen molar-refractivity contribution < 1.29 is 8.81 Å². The lowest BCUT2D eigenvalue weighted by Crippen LogP contribution is -2.03. The molecule has 4 nitrogen and oxygen atoms in total. The summed E-state index contributed by atoms with van der Waals surface area (Å²) in [4.78, 5) is 14.4. The van der Waals surface area contributed by atoms with Gasteiger partial charge in [-0.25, -0.2) is 19.3 Å². The van der Waals surface area contributed by atoms with Crippen molar-refractivity contribution in [3.63, 3.8) is 0 Å². The van der Waals surface area contributed by atoms with Gasteiger partial charge in [-0.3, -0.25) is 0 Å². The summed E-state index contributed by atoms with van der Waals surface area (Å²) in [6.07, 6.45) is 0. The Morgan fingerprint density at radius 3 is 2.08 bits per heavy atom. The highest BCUT2D eigenvalue weighted by atomic mass is 19.1. The van der Waals surface area contributed by atoms with Crippen LogP contribution < -0.4 is 5.46 Å². The van der Waals surface area contributed by atoms with Gasteiger partial charge < -0.3 is 4.42 Å².